The summed E-state index contributed by atoms with van der Waals surface area (Å²) < 4.78 is 5.08. The first-order valence-electron chi connectivity index (χ1n) is 5.30. The average Bonchev–Trinajstić information content (AvgIpc) is 2.75. The molecule has 0 saturated heterocycles. The van der Waals surface area contributed by atoms with E-state index in [2.05, 4.69) is 27.4 Å². The summed E-state index contributed by atoms with van der Waals surface area (Å²) in [5.41, 5.74) is 1.98. The number of nitrogens with one attached hydrogen (secondary N) is 1. The predicted molar refractivity (Wildman–Crippen MR) is 61.0 cm³/mol. The largest absolute Gasteiger partial charge is 0.338 e. The Balaban J connectivity index is 2.22. The molecule has 16 heavy (non-hydrogen) atoms. The van der Waals surface area contributed by atoms with E-state index >= 15 is 0 Å². The molecule has 5 nitrogen and oxygen atoms in total. The molecule has 2 aromatic heterocycles. The van der Waals surface area contributed by atoms with Crippen LogP contribution in [0.5, 0.6) is 0 Å². The van der Waals surface area contributed by atoms with Gasteiger partial charge in [0.2, 0.25) is 5.82 Å². The average molecular weight is 218 g/mol. The van der Waals surface area contributed by atoms with Gasteiger partial charge in [-0.3, -0.25) is 4.98 Å². The van der Waals surface area contributed by atoms with Gasteiger partial charge in [-0.15, -0.1) is 0 Å². The minimum Gasteiger partial charge on any atom is -0.338 e. The number of aromatic nitrogens is 3. The van der Waals surface area contributed by atoms with Crippen molar-refractivity contribution < 1.29 is 4.52 Å². The van der Waals surface area contributed by atoms with E-state index in [-0.39, 0.29) is 0 Å². The van der Waals surface area contributed by atoms with Gasteiger partial charge in [-0.25, -0.2) is 0 Å². The van der Waals surface area contributed by atoms with Crippen molar-refractivity contribution in [3.8, 4) is 11.4 Å². The van der Waals surface area contributed by atoms with Crippen LogP contribution in [0, 0.1) is 6.92 Å². The summed E-state index contributed by atoms with van der Waals surface area (Å²) in [5.74, 6) is 0.573. The lowest BCUT2D eigenvalue weighted by molar-refractivity contribution is 0.432. The molecule has 5 heteroatoms. The second-order valence-electron chi connectivity index (χ2n) is 3.54. The lowest BCUT2D eigenvalue weighted by Gasteiger charge is -1.97. The van der Waals surface area contributed by atoms with Crippen molar-refractivity contribution in [2.75, 3.05) is 11.9 Å². The summed E-state index contributed by atoms with van der Waals surface area (Å²) >= 11 is 0. The first-order valence-corrected chi connectivity index (χ1v) is 5.30. The van der Waals surface area contributed by atoms with Crippen LogP contribution in [0.3, 0.4) is 0 Å². The van der Waals surface area contributed by atoms with E-state index in [0.717, 1.165) is 24.1 Å². The molecule has 0 radical (unpaired) electrons. The molecule has 0 aromatic carbocycles. The number of hydrogen-bond acceptors (Lipinski definition) is 5. The molecular formula is C11H14N4O. The Morgan fingerprint density at radius 2 is 2.31 bits per heavy atom. The lowest BCUT2D eigenvalue weighted by Crippen LogP contribution is -1.99. The molecule has 0 aliphatic heterocycles. The topological polar surface area (TPSA) is 63.8 Å². The number of anilines is 1. The van der Waals surface area contributed by atoms with Crippen molar-refractivity contribution in [2.24, 2.45) is 0 Å². The number of hydrogen-bond donors (Lipinski definition) is 1. The highest BCUT2D eigenvalue weighted by molar-refractivity contribution is 5.58. The second kappa shape index (κ2) is 4.74. The van der Waals surface area contributed by atoms with Gasteiger partial charge in [0.05, 0.1) is 0 Å². The van der Waals surface area contributed by atoms with Gasteiger partial charge in [0, 0.05) is 24.5 Å². The third-order valence-corrected chi connectivity index (χ3v) is 2.23. The lowest BCUT2D eigenvalue weighted by atomic mass is 10.1. The molecule has 0 spiro atoms. The van der Waals surface area contributed by atoms with Gasteiger partial charge in [0.25, 0.3) is 0 Å². The van der Waals surface area contributed by atoms with Crippen LogP contribution in [0.15, 0.2) is 23.0 Å². The fourth-order valence-corrected chi connectivity index (χ4v) is 1.33. The van der Waals surface area contributed by atoms with Crippen molar-refractivity contribution in [3.63, 3.8) is 0 Å². The van der Waals surface area contributed by atoms with Gasteiger partial charge in [-0.1, -0.05) is 12.1 Å². The summed E-state index contributed by atoms with van der Waals surface area (Å²) in [4.78, 5) is 8.30. The van der Waals surface area contributed by atoms with Crippen LogP contribution < -0.4 is 5.32 Å². The molecular weight excluding hydrogens is 204 g/mol. The monoisotopic (exact) mass is 218 g/mol. The summed E-state index contributed by atoms with van der Waals surface area (Å²) in [6, 6.07) is 2.38. The van der Waals surface area contributed by atoms with Crippen molar-refractivity contribution in [1.29, 1.82) is 0 Å². The third-order valence-electron chi connectivity index (χ3n) is 2.23. The van der Waals surface area contributed by atoms with Crippen LogP contribution in [0.25, 0.3) is 11.4 Å². The van der Waals surface area contributed by atoms with Gasteiger partial charge in [-0.05, 0) is 25.0 Å². The zero-order valence-corrected chi connectivity index (χ0v) is 9.40. The molecule has 0 fully saturated rings. The highest BCUT2D eigenvalue weighted by atomic mass is 16.5. The third kappa shape index (κ3) is 2.18. The predicted octanol–water partition coefficient (Wildman–Crippen LogP) is 2.26. The van der Waals surface area contributed by atoms with Gasteiger partial charge in [0.1, 0.15) is 0 Å². The first kappa shape index (κ1) is 10.6. The molecule has 0 atom stereocenters. The van der Waals surface area contributed by atoms with E-state index in [1.54, 1.807) is 12.4 Å². The Morgan fingerprint density at radius 3 is 3.06 bits per heavy atom. The van der Waals surface area contributed by atoms with Crippen LogP contribution in [0.2, 0.25) is 0 Å². The minimum absolute atomic E-state index is 0.458. The van der Waals surface area contributed by atoms with E-state index in [1.807, 2.05) is 13.0 Å². The van der Waals surface area contributed by atoms with Gasteiger partial charge in [-0.2, -0.15) is 4.98 Å². The summed E-state index contributed by atoms with van der Waals surface area (Å²) in [6.07, 6.45) is 4.50. The fraction of sp³-hybridized carbons (Fsp3) is 0.364. The molecule has 0 aliphatic rings. The second-order valence-corrected chi connectivity index (χ2v) is 3.54. The number of nitrogens with zero attached hydrogens (tertiary/aromatic N) is 3. The molecule has 0 amide bonds. The Hall–Kier alpha value is -1.91. The zero-order valence-electron chi connectivity index (χ0n) is 9.40. The highest BCUT2D eigenvalue weighted by Gasteiger charge is 2.09. The smallest absolute Gasteiger partial charge is 0.321 e. The van der Waals surface area contributed by atoms with Crippen LogP contribution in [-0.2, 0) is 0 Å². The Morgan fingerprint density at radius 1 is 1.44 bits per heavy atom. The molecule has 2 aromatic rings. The molecule has 2 rings (SSSR count). The van der Waals surface area contributed by atoms with Crippen LogP contribution in [-0.4, -0.2) is 21.7 Å². The van der Waals surface area contributed by atoms with Gasteiger partial charge >= 0.3 is 6.01 Å². The molecule has 2 heterocycles. The maximum Gasteiger partial charge on any atom is 0.321 e. The van der Waals surface area contributed by atoms with E-state index in [0.29, 0.717) is 11.8 Å². The zero-order chi connectivity index (χ0) is 11.4. The van der Waals surface area contributed by atoms with Crippen LogP contribution >= 0.6 is 0 Å². The molecule has 0 bridgehead atoms. The minimum atomic E-state index is 0.458. The van der Waals surface area contributed by atoms with Crippen LogP contribution in [0.4, 0.5) is 6.01 Å². The molecule has 0 unspecified atom stereocenters. The molecule has 1 N–H and O–H groups in total. The molecule has 0 saturated carbocycles. The maximum atomic E-state index is 5.08. The highest BCUT2D eigenvalue weighted by Crippen LogP contribution is 2.19. The van der Waals surface area contributed by atoms with Crippen molar-refractivity contribution in [3.05, 3.63) is 24.0 Å². The Labute approximate surface area is 93.9 Å². The van der Waals surface area contributed by atoms with Gasteiger partial charge in [0.15, 0.2) is 0 Å². The van der Waals surface area contributed by atoms with Crippen molar-refractivity contribution in [2.45, 2.75) is 20.3 Å². The van der Waals surface area contributed by atoms with Crippen molar-refractivity contribution >= 4 is 6.01 Å². The standard InChI is InChI=1S/C11H14N4O/c1-3-5-13-11-14-10(15-16-11)9-7-12-6-4-8(9)2/h4,6-7H,3,5H2,1-2H3,(H,13,14,15). The van der Waals surface area contributed by atoms with E-state index < -0.39 is 0 Å². The van der Waals surface area contributed by atoms with Crippen LogP contribution in [0.1, 0.15) is 18.9 Å². The number of rotatable bonds is 4. The first-order chi connectivity index (χ1) is 7.81. The van der Waals surface area contributed by atoms with Gasteiger partial charge < -0.3 is 9.84 Å². The normalized spacial score (nSPS) is 10.4. The van der Waals surface area contributed by atoms with Crippen molar-refractivity contribution in [1.82, 2.24) is 15.1 Å². The summed E-state index contributed by atoms with van der Waals surface area (Å²) in [5, 5.41) is 6.95. The molecule has 0 aliphatic carbocycles. The summed E-state index contributed by atoms with van der Waals surface area (Å²) in [6.45, 7) is 4.90. The maximum absolute atomic E-state index is 5.08. The number of aryl methyl sites for hydroxylation is 1. The number of pyridine rings is 1. The SMILES string of the molecule is CCCNc1nc(-c2cnccc2C)no1. The molecule has 84 valence electrons. The fourth-order valence-electron chi connectivity index (χ4n) is 1.33. The quantitative estimate of drug-likeness (QED) is 0.852. The van der Waals surface area contributed by atoms with E-state index in [9.17, 15) is 0 Å². The Bertz CT molecular complexity index is 467. The van der Waals surface area contributed by atoms with E-state index in [1.165, 1.54) is 0 Å². The summed E-state index contributed by atoms with van der Waals surface area (Å²) in [7, 11) is 0. The Kier molecular flexibility index (Phi) is 3.14. The van der Waals surface area contributed by atoms with E-state index in [4.69, 9.17) is 4.52 Å².